The Bertz CT molecular complexity index is 943. The summed E-state index contributed by atoms with van der Waals surface area (Å²) in [7, 11) is 0. The van der Waals surface area contributed by atoms with E-state index in [1.807, 2.05) is 0 Å². The van der Waals surface area contributed by atoms with Crippen LogP contribution >= 0.6 is 0 Å². The van der Waals surface area contributed by atoms with Crippen molar-refractivity contribution < 1.29 is 40.3 Å². The standard InChI is InChI=1S/C16H8F7NO2/c1-2-5-11(18)10(13(20)14(21)12(5)19)6-3-8-9(4-7(6)17)26-16(22,23)15(25)24-8/h3-4H,2H2,1H3,(H,24,25). The zero-order valence-electron chi connectivity index (χ0n) is 12.8. The van der Waals surface area contributed by atoms with E-state index in [1.165, 1.54) is 6.92 Å². The van der Waals surface area contributed by atoms with Crippen molar-refractivity contribution in [3.05, 3.63) is 46.8 Å². The minimum absolute atomic E-state index is 0.351. The van der Waals surface area contributed by atoms with Gasteiger partial charge in [-0.05, 0) is 12.5 Å². The van der Waals surface area contributed by atoms with E-state index in [9.17, 15) is 35.5 Å². The van der Waals surface area contributed by atoms with Gasteiger partial charge in [0.1, 0.15) is 11.6 Å². The Balaban J connectivity index is 2.26. The van der Waals surface area contributed by atoms with Gasteiger partial charge >= 0.3 is 12.0 Å². The Hall–Kier alpha value is -2.78. The molecule has 0 bridgehead atoms. The lowest BCUT2D eigenvalue weighted by atomic mass is 9.97. The fraction of sp³-hybridized carbons (Fsp3) is 0.188. The van der Waals surface area contributed by atoms with Crippen LogP contribution in [0.5, 0.6) is 5.75 Å². The predicted octanol–water partition coefficient (Wildman–Crippen LogP) is 4.54. The summed E-state index contributed by atoms with van der Waals surface area (Å²) in [6.07, 6.45) is -4.63. The Labute approximate surface area is 141 Å². The zero-order chi connectivity index (χ0) is 19.4. The average Bonchev–Trinajstić information content (AvgIpc) is 2.55. The normalized spacial score (nSPS) is 15.3. The van der Waals surface area contributed by atoms with Crippen molar-refractivity contribution in [2.24, 2.45) is 0 Å². The molecule has 1 aliphatic heterocycles. The van der Waals surface area contributed by atoms with Crippen LogP contribution in [0.25, 0.3) is 11.1 Å². The minimum Gasteiger partial charge on any atom is -0.423 e. The second kappa shape index (κ2) is 5.89. The molecule has 0 spiro atoms. The number of amides is 1. The van der Waals surface area contributed by atoms with Crippen molar-refractivity contribution in [1.29, 1.82) is 0 Å². The number of halogens is 7. The van der Waals surface area contributed by atoms with Crippen LogP contribution in [0, 0.1) is 29.1 Å². The highest BCUT2D eigenvalue weighted by atomic mass is 19.3. The van der Waals surface area contributed by atoms with Gasteiger partial charge in [0, 0.05) is 17.2 Å². The molecule has 1 heterocycles. The van der Waals surface area contributed by atoms with Crippen LogP contribution in [0.4, 0.5) is 36.4 Å². The maximum atomic E-state index is 14.4. The molecule has 1 amide bonds. The molecule has 26 heavy (non-hydrogen) atoms. The number of benzene rings is 2. The van der Waals surface area contributed by atoms with Crippen LogP contribution in [0.2, 0.25) is 0 Å². The summed E-state index contributed by atoms with van der Waals surface area (Å²) in [5.74, 6) is -11.4. The summed E-state index contributed by atoms with van der Waals surface area (Å²) in [4.78, 5) is 11.2. The highest BCUT2D eigenvalue weighted by Gasteiger charge is 2.46. The summed E-state index contributed by atoms with van der Waals surface area (Å²) in [6, 6.07) is 0.944. The van der Waals surface area contributed by atoms with E-state index in [-0.39, 0.29) is 6.42 Å². The van der Waals surface area contributed by atoms with Crippen molar-refractivity contribution in [3.8, 4) is 16.9 Å². The second-order valence-electron chi connectivity index (χ2n) is 5.36. The molecule has 3 rings (SSSR count). The second-order valence-corrected chi connectivity index (χ2v) is 5.36. The Morgan fingerprint density at radius 2 is 1.65 bits per heavy atom. The first-order valence-corrected chi connectivity index (χ1v) is 7.15. The quantitative estimate of drug-likeness (QED) is 0.473. The lowest BCUT2D eigenvalue weighted by Crippen LogP contribution is -2.43. The molecule has 0 radical (unpaired) electrons. The number of alkyl halides is 2. The predicted molar refractivity (Wildman–Crippen MR) is 75.3 cm³/mol. The summed E-state index contributed by atoms with van der Waals surface area (Å²) in [6.45, 7) is 1.27. The molecule has 0 aliphatic carbocycles. The largest absolute Gasteiger partial charge is 0.482 e. The van der Waals surface area contributed by atoms with E-state index >= 15 is 0 Å². The van der Waals surface area contributed by atoms with Gasteiger partial charge in [0.15, 0.2) is 23.2 Å². The van der Waals surface area contributed by atoms with Crippen LogP contribution in [-0.2, 0) is 11.2 Å². The number of hydrogen-bond donors (Lipinski definition) is 1. The lowest BCUT2D eigenvalue weighted by Gasteiger charge is -2.25. The van der Waals surface area contributed by atoms with Crippen LogP contribution in [-0.4, -0.2) is 12.0 Å². The van der Waals surface area contributed by atoms with Crippen LogP contribution in [0.3, 0.4) is 0 Å². The monoisotopic (exact) mass is 379 g/mol. The zero-order valence-corrected chi connectivity index (χ0v) is 12.8. The molecule has 138 valence electrons. The molecule has 0 atom stereocenters. The highest BCUT2D eigenvalue weighted by molar-refractivity contribution is 5.99. The molecule has 0 fully saturated rings. The molecule has 1 aliphatic rings. The van der Waals surface area contributed by atoms with Gasteiger partial charge in [0.2, 0.25) is 0 Å². The molecular formula is C16H8F7NO2. The Morgan fingerprint density at radius 1 is 1.00 bits per heavy atom. The molecule has 0 unspecified atom stereocenters. The lowest BCUT2D eigenvalue weighted by molar-refractivity contribution is -0.189. The maximum Gasteiger partial charge on any atom is 0.482 e. The van der Waals surface area contributed by atoms with Gasteiger partial charge < -0.3 is 10.1 Å². The molecule has 0 saturated heterocycles. The smallest absolute Gasteiger partial charge is 0.423 e. The molecule has 2 aromatic carbocycles. The van der Waals surface area contributed by atoms with Crippen LogP contribution < -0.4 is 10.1 Å². The molecule has 2 aromatic rings. The topological polar surface area (TPSA) is 38.3 Å². The number of anilines is 1. The fourth-order valence-corrected chi connectivity index (χ4v) is 2.54. The molecule has 10 heteroatoms. The molecule has 0 saturated carbocycles. The van der Waals surface area contributed by atoms with E-state index < -0.39 is 69.2 Å². The first-order chi connectivity index (χ1) is 12.1. The van der Waals surface area contributed by atoms with Gasteiger partial charge in [0.05, 0.1) is 11.3 Å². The summed E-state index contributed by atoms with van der Waals surface area (Å²) in [5, 5.41) is 1.69. The van der Waals surface area contributed by atoms with Gasteiger partial charge in [-0.2, -0.15) is 8.78 Å². The Morgan fingerprint density at radius 3 is 2.27 bits per heavy atom. The van der Waals surface area contributed by atoms with Crippen molar-refractivity contribution in [1.82, 2.24) is 0 Å². The van der Waals surface area contributed by atoms with Crippen molar-refractivity contribution >= 4 is 11.6 Å². The third kappa shape index (κ3) is 2.56. The number of ether oxygens (including phenoxy) is 1. The first-order valence-electron chi connectivity index (χ1n) is 7.15. The first kappa shape index (κ1) is 18.0. The molecule has 1 N–H and O–H groups in total. The van der Waals surface area contributed by atoms with Gasteiger partial charge in [0.25, 0.3) is 0 Å². The number of fused-ring (bicyclic) bond motifs is 1. The van der Waals surface area contributed by atoms with Gasteiger partial charge in [-0.3, -0.25) is 4.79 Å². The number of rotatable bonds is 2. The molecule has 3 nitrogen and oxygen atoms in total. The summed E-state index contributed by atoms with van der Waals surface area (Å²) in [5.41, 5.74) is -3.46. The highest BCUT2D eigenvalue weighted by Crippen LogP contribution is 2.41. The number of carbonyl (C=O) groups is 1. The molecular weight excluding hydrogens is 371 g/mol. The van der Waals surface area contributed by atoms with Crippen molar-refractivity contribution in [3.63, 3.8) is 0 Å². The van der Waals surface area contributed by atoms with Crippen LogP contribution in [0.15, 0.2) is 12.1 Å². The summed E-state index contributed by atoms with van der Waals surface area (Å²) < 4.78 is 100. The van der Waals surface area contributed by atoms with Crippen LogP contribution in [0.1, 0.15) is 12.5 Å². The minimum atomic E-state index is -4.27. The number of carbonyl (C=O) groups excluding carboxylic acids is 1. The van der Waals surface area contributed by atoms with Crippen molar-refractivity contribution in [2.75, 3.05) is 5.32 Å². The van der Waals surface area contributed by atoms with E-state index in [0.29, 0.717) is 12.1 Å². The number of nitrogens with one attached hydrogen (secondary N) is 1. The molecule has 0 aromatic heterocycles. The van der Waals surface area contributed by atoms with E-state index in [0.717, 1.165) is 0 Å². The van der Waals surface area contributed by atoms with Gasteiger partial charge in [-0.25, -0.2) is 22.0 Å². The maximum absolute atomic E-state index is 14.4. The van der Waals surface area contributed by atoms with Gasteiger partial charge in [-0.1, -0.05) is 6.92 Å². The third-order valence-corrected chi connectivity index (χ3v) is 3.80. The number of hydrogen-bond acceptors (Lipinski definition) is 2. The van der Waals surface area contributed by atoms with Gasteiger partial charge in [-0.15, -0.1) is 0 Å². The van der Waals surface area contributed by atoms with Crippen molar-refractivity contribution in [2.45, 2.75) is 19.5 Å². The fourth-order valence-electron chi connectivity index (χ4n) is 2.54. The van der Waals surface area contributed by atoms with E-state index in [4.69, 9.17) is 0 Å². The van der Waals surface area contributed by atoms with E-state index in [2.05, 4.69) is 4.74 Å². The SMILES string of the molecule is CCc1c(F)c(F)c(F)c(-c2cc3c(cc2F)OC(F)(F)C(=O)N3)c1F. The summed E-state index contributed by atoms with van der Waals surface area (Å²) >= 11 is 0. The third-order valence-electron chi connectivity index (χ3n) is 3.80. The Kier molecular flexibility index (Phi) is 4.08. The average molecular weight is 379 g/mol. The van der Waals surface area contributed by atoms with E-state index in [1.54, 1.807) is 5.32 Å².